The van der Waals surface area contributed by atoms with Crippen molar-refractivity contribution >= 4 is 17.3 Å². The Bertz CT molecular complexity index is 598. The van der Waals surface area contributed by atoms with Crippen LogP contribution in [0.3, 0.4) is 0 Å². The fourth-order valence-corrected chi connectivity index (χ4v) is 2.83. The van der Waals surface area contributed by atoms with Crippen molar-refractivity contribution < 1.29 is 14.3 Å². The van der Waals surface area contributed by atoms with Gasteiger partial charge in [-0.1, -0.05) is 6.07 Å². The highest BCUT2D eigenvalue weighted by Gasteiger charge is 2.16. The molecule has 1 unspecified atom stereocenters. The number of carbonyl (C=O) groups is 1. The smallest absolute Gasteiger partial charge is 0.335 e. The topological polar surface area (TPSA) is 40.5 Å². The van der Waals surface area contributed by atoms with Crippen molar-refractivity contribution in [2.24, 2.45) is 0 Å². The second-order valence-electron chi connectivity index (χ2n) is 4.72. The Labute approximate surface area is 121 Å². The zero-order valence-corrected chi connectivity index (χ0v) is 12.2. The van der Waals surface area contributed by atoms with Gasteiger partial charge in [0, 0.05) is 23.0 Å². The number of hydrogen-bond donors (Lipinski definition) is 1. The number of carboxylic acids is 1. The van der Waals surface area contributed by atoms with E-state index in [0.717, 1.165) is 0 Å². The molecule has 0 aliphatic heterocycles. The highest BCUT2D eigenvalue weighted by Crippen LogP contribution is 2.25. The third-order valence-electron chi connectivity index (χ3n) is 3.33. The van der Waals surface area contributed by atoms with Gasteiger partial charge in [0.25, 0.3) is 0 Å². The van der Waals surface area contributed by atoms with Crippen LogP contribution < -0.4 is 0 Å². The first-order valence-corrected chi connectivity index (χ1v) is 7.12. The molecule has 0 bridgehead atoms. The van der Waals surface area contributed by atoms with Crippen molar-refractivity contribution in [2.45, 2.75) is 19.5 Å². The zero-order chi connectivity index (χ0) is 14.7. The molecule has 0 aliphatic carbocycles. The zero-order valence-electron chi connectivity index (χ0n) is 11.3. The van der Waals surface area contributed by atoms with Crippen molar-refractivity contribution in [3.63, 3.8) is 0 Å². The Balaban J connectivity index is 2.17. The number of hydrogen-bond acceptors (Lipinski definition) is 3. The normalized spacial score (nSPS) is 12.6. The molecular weight excluding hydrogens is 277 g/mol. The second kappa shape index (κ2) is 6.15. The Hall–Kier alpha value is -1.72. The molecule has 0 spiro atoms. The van der Waals surface area contributed by atoms with Crippen molar-refractivity contribution in [1.29, 1.82) is 0 Å². The van der Waals surface area contributed by atoms with Crippen LogP contribution in [0, 0.1) is 5.82 Å². The standard InChI is InChI=1S/C15H16FNO2S/c1-10(14-4-3-7-20-14)17(2)9-12-8-11(15(18)19)5-6-13(12)16/h3-8,10H,9H2,1-2H3,(H,18,19). The first-order valence-electron chi connectivity index (χ1n) is 6.24. The Morgan fingerprint density at radius 3 is 2.80 bits per heavy atom. The van der Waals surface area contributed by atoms with Crippen LogP contribution in [0.4, 0.5) is 4.39 Å². The fraction of sp³-hybridized carbons (Fsp3) is 0.267. The van der Waals surface area contributed by atoms with Crippen LogP contribution in [0.25, 0.3) is 0 Å². The molecule has 2 rings (SSSR count). The fourth-order valence-electron chi connectivity index (χ4n) is 1.98. The highest BCUT2D eigenvalue weighted by molar-refractivity contribution is 7.10. The van der Waals surface area contributed by atoms with Crippen molar-refractivity contribution in [3.8, 4) is 0 Å². The molecule has 1 aromatic carbocycles. The summed E-state index contributed by atoms with van der Waals surface area (Å²) in [6, 6.07) is 8.07. The molecule has 2 aromatic rings. The summed E-state index contributed by atoms with van der Waals surface area (Å²) in [6.45, 7) is 2.41. The third kappa shape index (κ3) is 3.23. The van der Waals surface area contributed by atoms with Gasteiger partial charge in [-0.25, -0.2) is 9.18 Å². The van der Waals surface area contributed by atoms with Crippen LogP contribution in [0.2, 0.25) is 0 Å². The molecule has 1 aromatic heterocycles. The van der Waals surface area contributed by atoms with E-state index in [4.69, 9.17) is 5.11 Å². The van der Waals surface area contributed by atoms with Crippen LogP contribution in [-0.2, 0) is 6.54 Å². The molecule has 0 saturated carbocycles. The second-order valence-corrected chi connectivity index (χ2v) is 5.70. The van der Waals surface area contributed by atoms with Crippen LogP contribution in [0.1, 0.15) is 33.8 Å². The third-order valence-corrected chi connectivity index (χ3v) is 4.37. The van der Waals surface area contributed by atoms with E-state index in [2.05, 4.69) is 0 Å². The monoisotopic (exact) mass is 293 g/mol. The molecule has 106 valence electrons. The average Bonchev–Trinajstić information content (AvgIpc) is 2.94. The molecule has 0 radical (unpaired) electrons. The number of thiophene rings is 1. The van der Waals surface area contributed by atoms with Gasteiger partial charge in [0.15, 0.2) is 0 Å². The number of rotatable bonds is 5. The Kier molecular flexibility index (Phi) is 4.52. The molecule has 1 heterocycles. The summed E-state index contributed by atoms with van der Waals surface area (Å²) in [4.78, 5) is 14.1. The van der Waals surface area contributed by atoms with E-state index in [9.17, 15) is 9.18 Å². The number of benzene rings is 1. The molecule has 5 heteroatoms. The lowest BCUT2D eigenvalue weighted by molar-refractivity contribution is 0.0696. The molecule has 0 amide bonds. The van der Waals surface area contributed by atoms with Crippen molar-refractivity contribution in [3.05, 3.63) is 57.5 Å². The minimum absolute atomic E-state index is 0.110. The van der Waals surface area contributed by atoms with E-state index in [1.807, 2.05) is 36.4 Å². The SMILES string of the molecule is CC(c1cccs1)N(C)Cc1cc(C(=O)O)ccc1F. The van der Waals surface area contributed by atoms with Crippen molar-refractivity contribution in [1.82, 2.24) is 4.90 Å². The first-order chi connectivity index (χ1) is 9.49. The van der Waals surface area contributed by atoms with Gasteiger partial charge in [0.2, 0.25) is 0 Å². The van der Waals surface area contributed by atoms with Gasteiger partial charge in [0.05, 0.1) is 5.56 Å². The van der Waals surface area contributed by atoms with Crippen molar-refractivity contribution in [2.75, 3.05) is 7.05 Å². The first kappa shape index (κ1) is 14.7. The minimum Gasteiger partial charge on any atom is -0.478 e. The minimum atomic E-state index is -1.04. The quantitative estimate of drug-likeness (QED) is 0.912. The summed E-state index contributed by atoms with van der Waals surface area (Å²) in [5.74, 6) is -1.42. The predicted octanol–water partition coefficient (Wildman–Crippen LogP) is 3.78. The van der Waals surface area contributed by atoms with Crippen LogP contribution >= 0.6 is 11.3 Å². The van der Waals surface area contributed by atoms with Gasteiger partial charge in [0.1, 0.15) is 5.82 Å². The summed E-state index contributed by atoms with van der Waals surface area (Å²) in [6.07, 6.45) is 0. The molecule has 1 N–H and O–H groups in total. The van der Waals surface area contributed by atoms with Crippen LogP contribution in [0.5, 0.6) is 0 Å². The summed E-state index contributed by atoms with van der Waals surface area (Å²) in [5.41, 5.74) is 0.509. The maximum atomic E-state index is 13.8. The van der Waals surface area contributed by atoms with Crippen LogP contribution in [-0.4, -0.2) is 23.0 Å². The van der Waals surface area contributed by atoms with Gasteiger partial charge < -0.3 is 5.11 Å². The van der Waals surface area contributed by atoms with E-state index < -0.39 is 5.97 Å². The summed E-state index contributed by atoms with van der Waals surface area (Å²) < 4.78 is 13.8. The van der Waals surface area contributed by atoms with Gasteiger partial charge in [-0.2, -0.15) is 0 Å². The van der Waals surface area contributed by atoms with Gasteiger partial charge >= 0.3 is 5.97 Å². The maximum Gasteiger partial charge on any atom is 0.335 e. The van der Waals surface area contributed by atoms with Gasteiger partial charge in [-0.05, 0) is 43.6 Å². The lowest BCUT2D eigenvalue weighted by atomic mass is 10.1. The van der Waals surface area contributed by atoms with Gasteiger partial charge in [-0.3, -0.25) is 4.90 Å². The highest BCUT2D eigenvalue weighted by atomic mass is 32.1. The van der Waals surface area contributed by atoms with E-state index in [1.54, 1.807) is 11.3 Å². The molecule has 0 fully saturated rings. The number of halogens is 1. The van der Waals surface area contributed by atoms with E-state index in [-0.39, 0.29) is 17.4 Å². The van der Waals surface area contributed by atoms with E-state index in [0.29, 0.717) is 12.1 Å². The number of carboxylic acid groups (broad SMARTS) is 1. The molecule has 0 saturated heterocycles. The van der Waals surface area contributed by atoms with Gasteiger partial charge in [-0.15, -0.1) is 11.3 Å². The predicted molar refractivity (Wildman–Crippen MR) is 77.6 cm³/mol. The Morgan fingerprint density at radius 1 is 1.45 bits per heavy atom. The number of aromatic carboxylic acids is 1. The van der Waals surface area contributed by atoms with E-state index >= 15 is 0 Å². The summed E-state index contributed by atoms with van der Waals surface area (Å²) in [7, 11) is 1.90. The van der Waals surface area contributed by atoms with Crippen LogP contribution in [0.15, 0.2) is 35.7 Å². The van der Waals surface area contributed by atoms with E-state index in [1.165, 1.54) is 23.1 Å². The molecule has 1 atom stereocenters. The average molecular weight is 293 g/mol. The summed E-state index contributed by atoms with van der Waals surface area (Å²) >= 11 is 1.65. The lowest BCUT2D eigenvalue weighted by Crippen LogP contribution is -2.22. The number of nitrogens with zero attached hydrogens (tertiary/aromatic N) is 1. The Morgan fingerprint density at radius 2 is 2.20 bits per heavy atom. The lowest BCUT2D eigenvalue weighted by Gasteiger charge is -2.24. The summed E-state index contributed by atoms with van der Waals surface area (Å²) in [5, 5.41) is 11.0. The maximum absolute atomic E-state index is 13.8. The molecule has 0 aliphatic rings. The molecule has 20 heavy (non-hydrogen) atoms. The largest absolute Gasteiger partial charge is 0.478 e. The molecular formula is C15H16FNO2S. The molecule has 3 nitrogen and oxygen atoms in total.